The molecule has 0 amide bonds. The van der Waals surface area contributed by atoms with Crippen molar-refractivity contribution in [1.82, 2.24) is 9.78 Å². The molecule has 0 aliphatic heterocycles. The van der Waals surface area contributed by atoms with Gasteiger partial charge in [-0.2, -0.15) is 5.10 Å². The van der Waals surface area contributed by atoms with E-state index in [1.165, 1.54) is 6.07 Å². The van der Waals surface area contributed by atoms with E-state index in [2.05, 4.69) is 21.0 Å². The Balaban J connectivity index is 2.29. The minimum atomic E-state index is -0.992. The average molecular weight is 313 g/mol. The van der Waals surface area contributed by atoms with E-state index in [9.17, 15) is 9.50 Å². The second kappa shape index (κ2) is 5.63. The van der Waals surface area contributed by atoms with Crippen LogP contribution in [-0.4, -0.2) is 14.9 Å². The highest BCUT2D eigenvalue weighted by Gasteiger charge is 2.17. The number of rotatable bonds is 4. The first-order chi connectivity index (χ1) is 8.61. The number of halogens is 2. The van der Waals surface area contributed by atoms with E-state index >= 15 is 0 Å². The van der Waals surface area contributed by atoms with Gasteiger partial charge in [-0.25, -0.2) is 4.39 Å². The number of aliphatic hydroxyl groups excluding tert-OH is 1. The maximum atomic E-state index is 13.7. The number of aromatic nitrogens is 2. The fourth-order valence-electron chi connectivity index (χ4n) is 1.78. The quantitative estimate of drug-likeness (QED) is 0.941. The summed E-state index contributed by atoms with van der Waals surface area (Å²) in [7, 11) is 0. The molecule has 96 valence electrons. The van der Waals surface area contributed by atoms with E-state index in [0.717, 1.165) is 17.4 Å². The summed E-state index contributed by atoms with van der Waals surface area (Å²) in [5.74, 6) is -0.422. The molecule has 0 aliphatic rings. The van der Waals surface area contributed by atoms with Gasteiger partial charge in [0.05, 0.1) is 6.20 Å². The molecule has 1 unspecified atom stereocenters. The molecule has 2 aromatic rings. The maximum Gasteiger partial charge on any atom is 0.129 e. The van der Waals surface area contributed by atoms with Crippen LogP contribution in [0.3, 0.4) is 0 Å². The maximum absolute atomic E-state index is 13.7. The Kier molecular flexibility index (Phi) is 4.14. The van der Waals surface area contributed by atoms with Crippen molar-refractivity contribution >= 4 is 15.9 Å². The van der Waals surface area contributed by atoms with Crippen LogP contribution in [0.1, 0.15) is 30.6 Å². The Morgan fingerprint density at radius 3 is 3.00 bits per heavy atom. The monoisotopic (exact) mass is 312 g/mol. The molecule has 5 heteroatoms. The van der Waals surface area contributed by atoms with Crippen LogP contribution in [0.4, 0.5) is 4.39 Å². The van der Waals surface area contributed by atoms with Crippen LogP contribution in [0, 0.1) is 5.82 Å². The zero-order valence-electron chi connectivity index (χ0n) is 9.98. The molecule has 1 aromatic heterocycles. The van der Waals surface area contributed by atoms with E-state index in [4.69, 9.17) is 0 Å². The van der Waals surface area contributed by atoms with Gasteiger partial charge in [0, 0.05) is 28.3 Å². The third-order valence-corrected chi connectivity index (χ3v) is 3.17. The lowest BCUT2D eigenvalue weighted by atomic mass is 10.0. The molecular weight excluding hydrogens is 299 g/mol. The molecule has 0 bridgehead atoms. The van der Waals surface area contributed by atoms with Crippen LogP contribution < -0.4 is 0 Å². The van der Waals surface area contributed by atoms with Gasteiger partial charge in [0.1, 0.15) is 11.9 Å². The zero-order valence-corrected chi connectivity index (χ0v) is 11.6. The van der Waals surface area contributed by atoms with Crippen LogP contribution in [-0.2, 0) is 6.54 Å². The summed E-state index contributed by atoms with van der Waals surface area (Å²) in [6.07, 6.45) is 3.28. The molecule has 18 heavy (non-hydrogen) atoms. The van der Waals surface area contributed by atoms with Gasteiger partial charge in [-0.05, 0) is 24.6 Å². The van der Waals surface area contributed by atoms with Crippen molar-refractivity contribution in [3.63, 3.8) is 0 Å². The van der Waals surface area contributed by atoms with Crippen molar-refractivity contribution in [2.24, 2.45) is 0 Å². The fourth-order valence-corrected chi connectivity index (χ4v) is 2.15. The molecule has 1 heterocycles. The molecule has 2 rings (SSSR count). The standard InChI is InChI=1S/C13H14BrFN2O/c1-2-5-17-8-9(7-16-17)13(18)11-6-10(14)3-4-12(11)15/h3-4,6-8,13,18H,2,5H2,1H3. The van der Waals surface area contributed by atoms with Crippen molar-refractivity contribution in [1.29, 1.82) is 0 Å². The van der Waals surface area contributed by atoms with Crippen molar-refractivity contribution in [2.45, 2.75) is 26.0 Å². The number of aliphatic hydroxyl groups is 1. The van der Waals surface area contributed by atoms with Crippen LogP contribution in [0.15, 0.2) is 35.1 Å². The molecule has 0 spiro atoms. The third kappa shape index (κ3) is 2.79. The summed E-state index contributed by atoms with van der Waals surface area (Å²) in [6.45, 7) is 2.83. The van der Waals surface area contributed by atoms with Crippen molar-refractivity contribution in [3.05, 3.63) is 52.0 Å². The average Bonchev–Trinajstić information content (AvgIpc) is 2.80. The summed E-state index contributed by atoms with van der Waals surface area (Å²) in [6, 6.07) is 4.52. The Bertz CT molecular complexity index is 542. The Morgan fingerprint density at radius 2 is 2.28 bits per heavy atom. The number of hydrogen-bond donors (Lipinski definition) is 1. The highest BCUT2D eigenvalue weighted by molar-refractivity contribution is 9.10. The molecule has 0 saturated heterocycles. The van der Waals surface area contributed by atoms with Crippen LogP contribution >= 0.6 is 15.9 Å². The predicted molar refractivity (Wildman–Crippen MR) is 70.7 cm³/mol. The number of benzene rings is 1. The highest BCUT2D eigenvalue weighted by atomic mass is 79.9. The van der Waals surface area contributed by atoms with Crippen molar-refractivity contribution in [3.8, 4) is 0 Å². The fraction of sp³-hybridized carbons (Fsp3) is 0.308. The summed E-state index contributed by atoms with van der Waals surface area (Å²) in [5.41, 5.74) is 0.848. The van der Waals surface area contributed by atoms with E-state index in [-0.39, 0.29) is 5.56 Å². The third-order valence-electron chi connectivity index (χ3n) is 2.67. The summed E-state index contributed by atoms with van der Waals surface area (Å²) in [4.78, 5) is 0. The van der Waals surface area contributed by atoms with Gasteiger partial charge in [-0.3, -0.25) is 4.68 Å². The highest BCUT2D eigenvalue weighted by Crippen LogP contribution is 2.26. The molecule has 1 N–H and O–H groups in total. The minimum absolute atomic E-state index is 0.250. The first kappa shape index (κ1) is 13.2. The van der Waals surface area contributed by atoms with E-state index < -0.39 is 11.9 Å². The van der Waals surface area contributed by atoms with Gasteiger partial charge in [-0.15, -0.1) is 0 Å². The lowest BCUT2D eigenvalue weighted by Crippen LogP contribution is -2.02. The van der Waals surface area contributed by atoms with Crippen molar-refractivity contribution in [2.75, 3.05) is 0 Å². The SMILES string of the molecule is CCCn1cc(C(O)c2cc(Br)ccc2F)cn1. The summed E-state index contributed by atoms with van der Waals surface area (Å²) >= 11 is 3.27. The zero-order chi connectivity index (χ0) is 13.1. The van der Waals surface area contributed by atoms with Gasteiger partial charge in [0.25, 0.3) is 0 Å². The van der Waals surface area contributed by atoms with Crippen LogP contribution in [0.2, 0.25) is 0 Å². The largest absolute Gasteiger partial charge is 0.383 e. The first-order valence-electron chi connectivity index (χ1n) is 5.77. The van der Waals surface area contributed by atoms with Crippen molar-refractivity contribution < 1.29 is 9.50 Å². The smallest absolute Gasteiger partial charge is 0.129 e. The Hall–Kier alpha value is -1.20. The van der Waals surface area contributed by atoms with Gasteiger partial charge >= 0.3 is 0 Å². The second-order valence-corrected chi connectivity index (χ2v) is 5.02. The first-order valence-corrected chi connectivity index (χ1v) is 6.56. The molecule has 3 nitrogen and oxygen atoms in total. The molecule has 0 saturated carbocycles. The normalized spacial score (nSPS) is 12.7. The van der Waals surface area contributed by atoms with E-state index in [1.54, 1.807) is 29.2 Å². The summed E-state index contributed by atoms with van der Waals surface area (Å²) < 4.78 is 16.1. The Morgan fingerprint density at radius 1 is 1.50 bits per heavy atom. The molecule has 0 radical (unpaired) electrons. The lowest BCUT2D eigenvalue weighted by molar-refractivity contribution is 0.214. The second-order valence-electron chi connectivity index (χ2n) is 4.11. The van der Waals surface area contributed by atoms with Gasteiger partial charge in [0.2, 0.25) is 0 Å². The van der Waals surface area contributed by atoms with E-state index in [0.29, 0.717) is 5.56 Å². The van der Waals surface area contributed by atoms with E-state index in [1.807, 2.05) is 6.92 Å². The predicted octanol–water partition coefficient (Wildman–Crippen LogP) is 3.28. The topological polar surface area (TPSA) is 38.0 Å². The number of hydrogen-bond acceptors (Lipinski definition) is 2. The molecule has 0 fully saturated rings. The minimum Gasteiger partial charge on any atom is -0.383 e. The number of aryl methyl sites for hydroxylation is 1. The van der Waals surface area contributed by atoms with Crippen LogP contribution in [0.5, 0.6) is 0 Å². The van der Waals surface area contributed by atoms with Gasteiger partial charge < -0.3 is 5.11 Å². The lowest BCUT2D eigenvalue weighted by Gasteiger charge is -2.10. The molecule has 0 aliphatic carbocycles. The summed E-state index contributed by atoms with van der Waals surface area (Å²) in [5, 5.41) is 14.3. The molecular formula is C13H14BrFN2O. The molecule has 1 atom stereocenters. The van der Waals surface area contributed by atoms with Gasteiger partial charge in [-0.1, -0.05) is 22.9 Å². The van der Waals surface area contributed by atoms with Gasteiger partial charge in [0.15, 0.2) is 0 Å². The molecule has 1 aromatic carbocycles. The number of nitrogens with zero attached hydrogens (tertiary/aromatic N) is 2. The Labute approximate surface area is 113 Å². The van der Waals surface area contributed by atoms with Crippen LogP contribution in [0.25, 0.3) is 0 Å².